The molecule has 0 aliphatic carbocycles. The smallest absolute Gasteiger partial charge is 0.251 e. The Morgan fingerprint density at radius 2 is 1.94 bits per heavy atom. The standard InChI is InChI=1S/C27H31N5O2S2/c1-16(2)36-24-13-19(12-23-21(24)10-17(3)32(23)6)26(34)28-14-25(33)30-27-29-22(15-35-27)18-8-7-9-20(11-18)31(4)5/h7-13,15-16H,14H2,1-6H3,(H,28,34)(H,29,30,33). The molecule has 0 saturated carbocycles. The Kier molecular flexibility index (Phi) is 7.70. The Bertz CT molecular complexity index is 1420. The van der Waals surface area contributed by atoms with Crippen LogP contribution < -0.4 is 15.5 Å². The van der Waals surface area contributed by atoms with Crippen molar-refractivity contribution in [3.63, 3.8) is 0 Å². The molecular formula is C27H31N5O2S2. The van der Waals surface area contributed by atoms with Crippen molar-refractivity contribution in [2.75, 3.05) is 30.9 Å². The van der Waals surface area contributed by atoms with Crippen LogP contribution in [0.3, 0.4) is 0 Å². The van der Waals surface area contributed by atoms with Gasteiger partial charge in [-0.2, -0.15) is 0 Å². The quantitative estimate of drug-likeness (QED) is 0.298. The Morgan fingerprint density at radius 1 is 1.17 bits per heavy atom. The third-order valence-corrected chi connectivity index (χ3v) is 7.63. The van der Waals surface area contributed by atoms with Crippen molar-refractivity contribution in [3.8, 4) is 11.3 Å². The first-order valence-electron chi connectivity index (χ1n) is 11.7. The number of aryl methyl sites for hydroxylation is 2. The number of hydrogen-bond acceptors (Lipinski definition) is 6. The van der Waals surface area contributed by atoms with E-state index < -0.39 is 0 Å². The van der Waals surface area contributed by atoms with Crippen molar-refractivity contribution < 1.29 is 9.59 Å². The zero-order chi connectivity index (χ0) is 26.0. The van der Waals surface area contributed by atoms with Crippen LogP contribution in [-0.4, -0.2) is 47.3 Å². The van der Waals surface area contributed by atoms with Crippen LogP contribution in [0.15, 0.2) is 52.7 Å². The number of benzene rings is 2. The molecule has 2 N–H and O–H groups in total. The fourth-order valence-electron chi connectivity index (χ4n) is 3.85. The van der Waals surface area contributed by atoms with Gasteiger partial charge < -0.3 is 20.1 Å². The van der Waals surface area contributed by atoms with Crippen molar-refractivity contribution in [2.45, 2.75) is 30.9 Å². The number of hydrogen-bond donors (Lipinski definition) is 2. The van der Waals surface area contributed by atoms with Crippen LogP contribution in [0, 0.1) is 6.92 Å². The lowest BCUT2D eigenvalue weighted by Gasteiger charge is -2.12. The molecule has 4 aromatic rings. The van der Waals surface area contributed by atoms with Crippen LogP contribution in [0.2, 0.25) is 0 Å². The van der Waals surface area contributed by atoms with Gasteiger partial charge in [0.2, 0.25) is 5.91 Å². The van der Waals surface area contributed by atoms with Gasteiger partial charge in [0.15, 0.2) is 5.13 Å². The predicted molar refractivity (Wildman–Crippen MR) is 151 cm³/mol. The number of thiazole rings is 1. The molecule has 0 saturated heterocycles. The Morgan fingerprint density at radius 3 is 2.67 bits per heavy atom. The summed E-state index contributed by atoms with van der Waals surface area (Å²) in [5, 5.41) is 9.47. The van der Waals surface area contributed by atoms with Gasteiger partial charge in [-0.25, -0.2) is 4.98 Å². The number of nitrogens with zero attached hydrogens (tertiary/aromatic N) is 3. The summed E-state index contributed by atoms with van der Waals surface area (Å²) in [6.07, 6.45) is 0. The van der Waals surface area contributed by atoms with Gasteiger partial charge in [-0.1, -0.05) is 26.0 Å². The number of anilines is 2. The highest BCUT2D eigenvalue weighted by atomic mass is 32.2. The molecule has 0 fully saturated rings. The molecule has 2 aromatic heterocycles. The van der Waals surface area contributed by atoms with Crippen molar-refractivity contribution >= 4 is 56.6 Å². The number of rotatable bonds is 8. The van der Waals surface area contributed by atoms with Gasteiger partial charge in [-0.3, -0.25) is 9.59 Å². The second-order valence-corrected chi connectivity index (χ2v) is 11.6. The third kappa shape index (κ3) is 5.74. The highest BCUT2D eigenvalue weighted by Gasteiger charge is 2.16. The van der Waals surface area contributed by atoms with E-state index >= 15 is 0 Å². The summed E-state index contributed by atoms with van der Waals surface area (Å²) < 4.78 is 2.08. The molecule has 0 atom stereocenters. The molecule has 0 bridgehead atoms. The second kappa shape index (κ2) is 10.8. The lowest BCUT2D eigenvalue weighted by atomic mass is 10.1. The third-order valence-electron chi connectivity index (χ3n) is 5.81. The van der Waals surface area contributed by atoms with Crippen LogP contribution in [0.1, 0.15) is 29.9 Å². The molecule has 2 amide bonds. The number of fused-ring (bicyclic) bond motifs is 1. The summed E-state index contributed by atoms with van der Waals surface area (Å²) in [7, 11) is 5.97. The first-order valence-corrected chi connectivity index (χ1v) is 13.5. The zero-order valence-corrected chi connectivity index (χ0v) is 23.0. The van der Waals surface area contributed by atoms with E-state index in [0.29, 0.717) is 15.9 Å². The Hall–Kier alpha value is -3.30. The van der Waals surface area contributed by atoms with Crippen molar-refractivity contribution in [2.24, 2.45) is 7.05 Å². The van der Waals surface area contributed by atoms with Crippen LogP contribution in [0.5, 0.6) is 0 Å². The van der Waals surface area contributed by atoms with Gasteiger partial charge in [0.05, 0.1) is 12.2 Å². The monoisotopic (exact) mass is 521 g/mol. The van der Waals surface area contributed by atoms with Gasteiger partial charge in [0, 0.05) is 70.1 Å². The molecule has 2 aromatic carbocycles. The van der Waals surface area contributed by atoms with Crippen molar-refractivity contribution in [1.82, 2.24) is 14.9 Å². The van der Waals surface area contributed by atoms with E-state index in [0.717, 1.165) is 38.4 Å². The fourth-order valence-corrected chi connectivity index (χ4v) is 5.58. The van der Waals surface area contributed by atoms with E-state index in [1.54, 1.807) is 11.8 Å². The highest BCUT2D eigenvalue weighted by Crippen LogP contribution is 2.34. The molecule has 0 spiro atoms. The van der Waals surface area contributed by atoms with E-state index in [2.05, 4.69) is 53.1 Å². The summed E-state index contributed by atoms with van der Waals surface area (Å²) in [5.41, 5.74) is 5.52. The van der Waals surface area contributed by atoms with E-state index in [1.165, 1.54) is 11.3 Å². The van der Waals surface area contributed by atoms with E-state index in [-0.39, 0.29) is 18.4 Å². The molecule has 0 radical (unpaired) electrons. The lowest BCUT2D eigenvalue weighted by Crippen LogP contribution is -2.32. The maximum Gasteiger partial charge on any atom is 0.251 e. The largest absolute Gasteiger partial charge is 0.378 e. The van der Waals surface area contributed by atoms with E-state index in [4.69, 9.17) is 0 Å². The maximum atomic E-state index is 13.0. The van der Waals surface area contributed by atoms with Gasteiger partial charge in [-0.05, 0) is 37.3 Å². The SMILES string of the molecule is Cc1cc2c(SC(C)C)cc(C(=O)NCC(=O)Nc3nc(-c4cccc(N(C)C)c4)cs3)cc2n1C. The molecule has 7 nitrogen and oxygen atoms in total. The van der Waals surface area contributed by atoms with Gasteiger partial charge in [0.1, 0.15) is 0 Å². The number of thioether (sulfide) groups is 1. The number of carbonyl (C=O) groups excluding carboxylic acids is 2. The summed E-state index contributed by atoms with van der Waals surface area (Å²) in [5.74, 6) is -0.601. The molecule has 9 heteroatoms. The minimum absolute atomic E-state index is 0.138. The summed E-state index contributed by atoms with van der Waals surface area (Å²) >= 11 is 3.08. The topological polar surface area (TPSA) is 79.3 Å². The molecular weight excluding hydrogens is 490 g/mol. The first kappa shape index (κ1) is 25.8. The predicted octanol–water partition coefficient (Wildman–Crippen LogP) is 5.55. The number of aromatic nitrogens is 2. The molecule has 0 unspecified atom stereocenters. The molecule has 0 aliphatic rings. The number of amides is 2. The average Bonchev–Trinajstić information content (AvgIpc) is 3.42. The van der Waals surface area contributed by atoms with E-state index in [9.17, 15) is 9.59 Å². The van der Waals surface area contributed by atoms with E-state index in [1.807, 2.05) is 61.8 Å². The van der Waals surface area contributed by atoms with Crippen molar-refractivity contribution in [3.05, 3.63) is 59.1 Å². The van der Waals surface area contributed by atoms with Gasteiger partial charge in [-0.15, -0.1) is 23.1 Å². The second-order valence-electron chi connectivity index (χ2n) is 9.13. The number of nitrogens with one attached hydrogen (secondary N) is 2. The average molecular weight is 522 g/mol. The minimum Gasteiger partial charge on any atom is -0.378 e. The fraction of sp³-hybridized carbons (Fsp3) is 0.296. The van der Waals surface area contributed by atoms with Gasteiger partial charge in [0.25, 0.3) is 5.91 Å². The molecule has 4 rings (SSSR count). The lowest BCUT2D eigenvalue weighted by molar-refractivity contribution is -0.115. The maximum absolute atomic E-state index is 13.0. The molecule has 2 heterocycles. The van der Waals surface area contributed by atoms with Crippen LogP contribution in [-0.2, 0) is 11.8 Å². The van der Waals surface area contributed by atoms with Crippen LogP contribution in [0.25, 0.3) is 22.2 Å². The first-order chi connectivity index (χ1) is 17.1. The highest BCUT2D eigenvalue weighted by molar-refractivity contribution is 8.00. The Labute approximate surface area is 219 Å². The normalized spacial score (nSPS) is 11.2. The van der Waals surface area contributed by atoms with Crippen LogP contribution >= 0.6 is 23.1 Å². The van der Waals surface area contributed by atoms with Gasteiger partial charge >= 0.3 is 0 Å². The zero-order valence-electron chi connectivity index (χ0n) is 21.4. The van der Waals surface area contributed by atoms with Crippen LogP contribution in [0.4, 0.5) is 10.8 Å². The molecule has 188 valence electrons. The number of carbonyl (C=O) groups is 2. The summed E-state index contributed by atoms with van der Waals surface area (Å²) in [6, 6.07) is 14.0. The summed E-state index contributed by atoms with van der Waals surface area (Å²) in [4.78, 5) is 33.1. The van der Waals surface area contributed by atoms with Crippen molar-refractivity contribution in [1.29, 1.82) is 0 Å². The Balaban J connectivity index is 1.42. The summed E-state index contributed by atoms with van der Waals surface area (Å²) in [6.45, 7) is 6.18. The molecule has 36 heavy (non-hydrogen) atoms. The minimum atomic E-state index is -0.320. The molecule has 0 aliphatic heterocycles.